The molecule has 1 atom stereocenters. The average Bonchev–Trinajstić information content (AvgIpc) is 2.82. The highest BCUT2D eigenvalue weighted by Gasteiger charge is 2.41. The lowest BCUT2D eigenvalue weighted by molar-refractivity contribution is -0.136. The van der Waals surface area contributed by atoms with Crippen LogP contribution in [0.3, 0.4) is 0 Å². The normalized spacial score (nSPS) is 17.8. The molecule has 2 aromatic carbocycles. The number of Topliss-reactive ketones (excluding diaryl/α,β-unsaturated/α-hetero) is 1. The van der Waals surface area contributed by atoms with E-state index in [0.29, 0.717) is 58.7 Å². The van der Waals surface area contributed by atoms with Gasteiger partial charge >= 0.3 is 5.97 Å². The predicted molar refractivity (Wildman–Crippen MR) is 132 cm³/mol. The Morgan fingerprint density at radius 1 is 1.15 bits per heavy atom. The van der Waals surface area contributed by atoms with Crippen LogP contribution in [0.15, 0.2) is 68.1 Å². The van der Waals surface area contributed by atoms with Crippen LogP contribution in [0.2, 0.25) is 0 Å². The number of esters is 1. The summed E-state index contributed by atoms with van der Waals surface area (Å²) >= 11 is 7.00. The standard InChI is InChI=1S/C25H23Br2NO6/c1-31-19-11-14(10-16(27)23(19)33-12-13-6-8-15(26)9-7-13)20-21-17(29)4-3-5-18(21)34-24(28)22(20)25(30)32-2/h6-11,20H,3-5,12,28H2,1-2H3/t20-/m1/s1. The van der Waals surface area contributed by atoms with Crippen molar-refractivity contribution in [2.45, 2.75) is 31.8 Å². The van der Waals surface area contributed by atoms with Gasteiger partial charge in [-0.25, -0.2) is 4.79 Å². The van der Waals surface area contributed by atoms with Crippen LogP contribution in [0.1, 0.15) is 36.3 Å². The van der Waals surface area contributed by atoms with Gasteiger partial charge in [-0.3, -0.25) is 4.79 Å². The number of methoxy groups -OCH3 is 2. The molecular weight excluding hydrogens is 570 g/mol. The molecule has 7 nitrogen and oxygen atoms in total. The van der Waals surface area contributed by atoms with E-state index in [0.717, 1.165) is 10.0 Å². The number of benzene rings is 2. The van der Waals surface area contributed by atoms with Crippen LogP contribution in [0.4, 0.5) is 0 Å². The zero-order valence-corrected chi connectivity index (χ0v) is 21.8. The molecule has 0 amide bonds. The fourth-order valence-corrected chi connectivity index (χ4v) is 5.02. The van der Waals surface area contributed by atoms with E-state index >= 15 is 0 Å². The third kappa shape index (κ3) is 4.72. The lowest BCUT2D eigenvalue weighted by Crippen LogP contribution is -2.31. The second-order valence-electron chi connectivity index (χ2n) is 7.87. The van der Waals surface area contributed by atoms with Crippen molar-refractivity contribution in [3.05, 3.63) is 79.3 Å². The smallest absolute Gasteiger partial charge is 0.340 e. The second-order valence-corrected chi connectivity index (χ2v) is 9.64. The maximum Gasteiger partial charge on any atom is 0.340 e. The number of hydrogen-bond donors (Lipinski definition) is 1. The molecule has 4 rings (SSSR count). The monoisotopic (exact) mass is 591 g/mol. The van der Waals surface area contributed by atoms with Crippen molar-refractivity contribution in [3.8, 4) is 11.5 Å². The molecule has 0 spiro atoms. The number of hydrogen-bond acceptors (Lipinski definition) is 7. The van der Waals surface area contributed by atoms with Crippen LogP contribution >= 0.6 is 31.9 Å². The maximum absolute atomic E-state index is 12.9. The third-order valence-corrected chi connectivity index (χ3v) is 6.89. The fourth-order valence-electron chi connectivity index (χ4n) is 4.18. The number of rotatable bonds is 6. The Bertz CT molecular complexity index is 1200. The maximum atomic E-state index is 12.9. The number of ether oxygens (including phenoxy) is 4. The first-order chi connectivity index (χ1) is 16.3. The van der Waals surface area contributed by atoms with Gasteiger partial charge in [0.2, 0.25) is 5.88 Å². The van der Waals surface area contributed by atoms with Gasteiger partial charge in [0.1, 0.15) is 17.9 Å². The number of nitrogens with two attached hydrogens (primary N) is 1. The lowest BCUT2D eigenvalue weighted by atomic mass is 9.77. The number of allylic oxidation sites excluding steroid dienone is 2. The van der Waals surface area contributed by atoms with Crippen LogP contribution in [0.5, 0.6) is 11.5 Å². The Morgan fingerprint density at radius 2 is 1.88 bits per heavy atom. The van der Waals surface area contributed by atoms with Crippen molar-refractivity contribution < 1.29 is 28.5 Å². The molecule has 2 aliphatic rings. The van der Waals surface area contributed by atoms with Gasteiger partial charge in [0.15, 0.2) is 17.3 Å². The second kappa shape index (κ2) is 10.2. The number of ketones is 1. The highest BCUT2D eigenvalue weighted by atomic mass is 79.9. The molecule has 0 fully saturated rings. The predicted octanol–water partition coefficient (Wildman–Crippen LogP) is 5.26. The van der Waals surface area contributed by atoms with Crippen molar-refractivity contribution in [1.82, 2.24) is 0 Å². The zero-order valence-electron chi connectivity index (χ0n) is 18.7. The lowest BCUT2D eigenvalue weighted by Gasteiger charge is -2.32. The highest BCUT2D eigenvalue weighted by molar-refractivity contribution is 9.10. The molecule has 0 bridgehead atoms. The van der Waals surface area contributed by atoms with Gasteiger partial charge in [0.25, 0.3) is 0 Å². The molecule has 178 valence electrons. The molecule has 0 radical (unpaired) electrons. The molecule has 2 aromatic rings. The summed E-state index contributed by atoms with van der Waals surface area (Å²) in [6.45, 7) is 0.326. The van der Waals surface area contributed by atoms with E-state index in [4.69, 9.17) is 24.7 Å². The Hall–Kier alpha value is -2.78. The Morgan fingerprint density at radius 3 is 2.56 bits per heavy atom. The average molecular weight is 593 g/mol. The van der Waals surface area contributed by atoms with Crippen molar-refractivity contribution in [2.24, 2.45) is 5.73 Å². The van der Waals surface area contributed by atoms with Gasteiger partial charge in [0.05, 0.1) is 24.6 Å². The topological polar surface area (TPSA) is 97.1 Å². The van der Waals surface area contributed by atoms with Crippen LogP contribution < -0.4 is 15.2 Å². The molecule has 0 unspecified atom stereocenters. The molecule has 1 aliphatic carbocycles. The van der Waals surface area contributed by atoms with Gasteiger partial charge in [-0.15, -0.1) is 0 Å². The molecule has 1 heterocycles. The summed E-state index contributed by atoms with van der Waals surface area (Å²) in [6.07, 6.45) is 1.61. The Labute approximate surface area is 214 Å². The summed E-state index contributed by atoms with van der Waals surface area (Å²) in [6, 6.07) is 11.4. The summed E-state index contributed by atoms with van der Waals surface area (Å²) < 4.78 is 23.9. The summed E-state index contributed by atoms with van der Waals surface area (Å²) in [5.41, 5.74) is 8.27. The van der Waals surface area contributed by atoms with E-state index in [1.165, 1.54) is 14.2 Å². The minimum Gasteiger partial charge on any atom is -0.493 e. The van der Waals surface area contributed by atoms with Crippen LogP contribution in [0, 0.1) is 0 Å². The summed E-state index contributed by atoms with van der Waals surface area (Å²) in [5, 5.41) is 0. The summed E-state index contributed by atoms with van der Waals surface area (Å²) in [5.74, 6) is -0.0882. The van der Waals surface area contributed by atoms with Crippen LogP contribution in [-0.2, 0) is 25.7 Å². The third-order valence-electron chi connectivity index (χ3n) is 5.77. The molecule has 34 heavy (non-hydrogen) atoms. The van der Waals surface area contributed by atoms with Crippen molar-refractivity contribution in [3.63, 3.8) is 0 Å². The molecule has 2 N–H and O–H groups in total. The van der Waals surface area contributed by atoms with Crippen molar-refractivity contribution in [2.75, 3.05) is 14.2 Å². The number of carbonyl (C=O) groups is 2. The van der Waals surface area contributed by atoms with Gasteiger partial charge in [-0.2, -0.15) is 0 Å². The van der Waals surface area contributed by atoms with E-state index in [-0.39, 0.29) is 17.2 Å². The Balaban J connectivity index is 1.76. The molecule has 0 aromatic heterocycles. The highest BCUT2D eigenvalue weighted by Crippen LogP contribution is 2.47. The van der Waals surface area contributed by atoms with Gasteiger partial charge in [-0.1, -0.05) is 28.1 Å². The molecule has 1 aliphatic heterocycles. The number of carbonyl (C=O) groups excluding carboxylic acids is 2. The fraction of sp³-hybridized carbons (Fsp3) is 0.280. The Kier molecular flexibility index (Phi) is 7.33. The SMILES string of the molecule is COC(=O)C1=C(N)OC2=C(C(=O)CCC2)[C@H]1c1cc(Br)c(OCc2ccc(Br)cc2)c(OC)c1. The van der Waals surface area contributed by atoms with Gasteiger partial charge in [-0.05, 0) is 57.7 Å². The molecular formula is C25H23Br2NO6. The molecule has 9 heteroatoms. The van der Waals surface area contributed by atoms with Crippen molar-refractivity contribution >= 4 is 43.6 Å². The van der Waals surface area contributed by atoms with Crippen LogP contribution in [-0.4, -0.2) is 26.0 Å². The van der Waals surface area contributed by atoms with Gasteiger partial charge in [0, 0.05) is 22.9 Å². The first kappa shape index (κ1) is 24.3. The van der Waals surface area contributed by atoms with E-state index in [1.807, 2.05) is 24.3 Å². The minimum atomic E-state index is -0.741. The van der Waals surface area contributed by atoms with Gasteiger partial charge < -0.3 is 24.7 Å². The zero-order chi connectivity index (χ0) is 24.4. The van der Waals surface area contributed by atoms with Crippen molar-refractivity contribution in [1.29, 1.82) is 0 Å². The van der Waals surface area contributed by atoms with Crippen LogP contribution in [0.25, 0.3) is 0 Å². The van der Waals surface area contributed by atoms with E-state index in [9.17, 15) is 9.59 Å². The first-order valence-corrected chi connectivity index (χ1v) is 12.2. The molecule has 0 saturated heterocycles. The molecule has 0 saturated carbocycles. The van der Waals surface area contributed by atoms with E-state index < -0.39 is 11.9 Å². The largest absolute Gasteiger partial charge is 0.493 e. The first-order valence-electron chi connectivity index (χ1n) is 10.6. The minimum absolute atomic E-state index is 0.0593. The summed E-state index contributed by atoms with van der Waals surface area (Å²) in [4.78, 5) is 25.6. The number of halogens is 2. The summed E-state index contributed by atoms with van der Waals surface area (Å²) in [7, 11) is 2.80. The van der Waals surface area contributed by atoms with E-state index in [2.05, 4.69) is 31.9 Å². The quantitative estimate of drug-likeness (QED) is 0.457. The van der Waals surface area contributed by atoms with E-state index in [1.54, 1.807) is 12.1 Å².